The highest BCUT2D eigenvalue weighted by atomic mass is 16.5. The van der Waals surface area contributed by atoms with Crippen LogP contribution in [0.25, 0.3) is 0 Å². The first-order valence-electron chi connectivity index (χ1n) is 6.89. The zero-order chi connectivity index (χ0) is 13.4. The maximum Gasteiger partial charge on any atom is 0.161 e. The quantitative estimate of drug-likeness (QED) is 0.766. The van der Waals surface area contributed by atoms with Crippen LogP contribution in [-0.4, -0.2) is 19.8 Å². The van der Waals surface area contributed by atoms with Crippen LogP contribution < -0.4 is 14.8 Å². The van der Waals surface area contributed by atoms with Crippen LogP contribution in [0.4, 0.5) is 0 Å². The van der Waals surface area contributed by atoms with Gasteiger partial charge in [-0.25, -0.2) is 0 Å². The van der Waals surface area contributed by atoms with Crippen LogP contribution in [-0.2, 0) is 0 Å². The molecular formula is C15H25NO2. The second-order valence-corrected chi connectivity index (χ2v) is 4.09. The minimum Gasteiger partial charge on any atom is -0.490 e. The van der Waals surface area contributed by atoms with Crippen molar-refractivity contribution in [3.63, 3.8) is 0 Å². The Morgan fingerprint density at radius 1 is 1.00 bits per heavy atom. The van der Waals surface area contributed by atoms with Crippen molar-refractivity contribution < 1.29 is 9.47 Å². The van der Waals surface area contributed by atoms with Crippen molar-refractivity contribution in [3.05, 3.63) is 23.8 Å². The molecule has 1 aromatic rings. The van der Waals surface area contributed by atoms with E-state index >= 15 is 0 Å². The van der Waals surface area contributed by atoms with Crippen molar-refractivity contribution >= 4 is 0 Å². The summed E-state index contributed by atoms with van der Waals surface area (Å²) in [4.78, 5) is 0. The summed E-state index contributed by atoms with van der Waals surface area (Å²) in [6.07, 6.45) is 1.06. The molecule has 0 bridgehead atoms. The van der Waals surface area contributed by atoms with Crippen molar-refractivity contribution in [2.45, 2.75) is 40.2 Å². The van der Waals surface area contributed by atoms with Gasteiger partial charge in [0.2, 0.25) is 0 Å². The third-order valence-electron chi connectivity index (χ3n) is 2.83. The Morgan fingerprint density at radius 2 is 1.67 bits per heavy atom. The zero-order valence-electron chi connectivity index (χ0n) is 12.0. The van der Waals surface area contributed by atoms with Gasteiger partial charge in [-0.05, 0) is 44.5 Å². The summed E-state index contributed by atoms with van der Waals surface area (Å²) in [6, 6.07) is 6.59. The summed E-state index contributed by atoms with van der Waals surface area (Å²) < 4.78 is 11.2. The molecular weight excluding hydrogens is 226 g/mol. The number of hydrogen-bond acceptors (Lipinski definition) is 3. The van der Waals surface area contributed by atoms with Gasteiger partial charge < -0.3 is 14.8 Å². The third kappa shape index (κ3) is 3.91. The fourth-order valence-electron chi connectivity index (χ4n) is 2.03. The van der Waals surface area contributed by atoms with Gasteiger partial charge in [0.05, 0.1) is 13.2 Å². The van der Waals surface area contributed by atoms with E-state index in [0.717, 1.165) is 24.5 Å². The highest BCUT2D eigenvalue weighted by Crippen LogP contribution is 2.31. The first-order chi connectivity index (χ1) is 8.76. The van der Waals surface area contributed by atoms with E-state index in [1.807, 2.05) is 19.9 Å². The van der Waals surface area contributed by atoms with Crippen molar-refractivity contribution in [1.82, 2.24) is 5.32 Å². The molecule has 0 fully saturated rings. The monoisotopic (exact) mass is 251 g/mol. The van der Waals surface area contributed by atoms with E-state index in [2.05, 4.69) is 31.3 Å². The lowest BCUT2D eigenvalue weighted by atomic mass is 10.0. The Kier molecular flexibility index (Phi) is 6.58. The number of ether oxygens (including phenoxy) is 2. The van der Waals surface area contributed by atoms with Gasteiger partial charge in [-0.1, -0.05) is 19.9 Å². The molecule has 1 N–H and O–H groups in total. The summed E-state index contributed by atoms with van der Waals surface area (Å²) in [5.41, 5.74) is 1.26. The first-order valence-corrected chi connectivity index (χ1v) is 6.89. The smallest absolute Gasteiger partial charge is 0.161 e. The second-order valence-electron chi connectivity index (χ2n) is 4.09. The summed E-state index contributed by atoms with van der Waals surface area (Å²) in [5.74, 6) is 1.67. The molecule has 0 aliphatic rings. The SMILES string of the molecule is CCNC(CC)c1ccc(OCC)c(OCC)c1. The summed E-state index contributed by atoms with van der Waals surface area (Å²) >= 11 is 0. The highest BCUT2D eigenvalue weighted by Gasteiger charge is 2.12. The van der Waals surface area contributed by atoms with E-state index in [-0.39, 0.29) is 0 Å². The van der Waals surface area contributed by atoms with Crippen LogP contribution in [0, 0.1) is 0 Å². The second kappa shape index (κ2) is 7.98. The lowest BCUT2D eigenvalue weighted by Crippen LogP contribution is -2.20. The van der Waals surface area contributed by atoms with Gasteiger partial charge in [0, 0.05) is 6.04 Å². The Morgan fingerprint density at radius 3 is 2.22 bits per heavy atom. The highest BCUT2D eigenvalue weighted by molar-refractivity contribution is 5.44. The van der Waals surface area contributed by atoms with Gasteiger partial charge in [-0.2, -0.15) is 0 Å². The molecule has 0 heterocycles. The summed E-state index contributed by atoms with van der Waals surface area (Å²) in [5, 5.41) is 3.47. The molecule has 102 valence electrons. The van der Waals surface area contributed by atoms with Crippen LogP contribution in [0.3, 0.4) is 0 Å². The Hall–Kier alpha value is -1.22. The lowest BCUT2D eigenvalue weighted by molar-refractivity contribution is 0.287. The predicted octanol–water partition coefficient (Wildman–Crippen LogP) is 3.54. The molecule has 1 atom stereocenters. The minimum atomic E-state index is 0.380. The van der Waals surface area contributed by atoms with Crippen LogP contribution in [0.2, 0.25) is 0 Å². The average Bonchev–Trinajstić information content (AvgIpc) is 2.38. The number of rotatable bonds is 8. The van der Waals surface area contributed by atoms with E-state index in [1.165, 1.54) is 5.56 Å². The van der Waals surface area contributed by atoms with E-state index in [1.54, 1.807) is 0 Å². The van der Waals surface area contributed by atoms with Crippen molar-refractivity contribution in [2.75, 3.05) is 19.8 Å². The van der Waals surface area contributed by atoms with Gasteiger partial charge in [0.25, 0.3) is 0 Å². The molecule has 0 saturated carbocycles. The average molecular weight is 251 g/mol. The minimum absolute atomic E-state index is 0.380. The molecule has 1 rings (SSSR count). The molecule has 0 aliphatic heterocycles. The number of hydrogen-bond donors (Lipinski definition) is 1. The zero-order valence-corrected chi connectivity index (χ0v) is 12.0. The van der Waals surface area contributed by atoms with Gasteiger partial charge in [0.1, 0.15) is 0 Å². The van der Waals surface area contributed by atoms with E-state index in [0.29, 0.717) is 19.3 Å². The standard InChI is InChI=1S/C15H25NO2/c1-5-13(16-6-2)12-9-10-14(17-7-3)15(11-12)18-8-4/h9-11,13,16H,5-8H2,1-4H3. The van der Waals surface area contributed by atoms with Crippen molar-refractivity contribution in [3.8, 4) is 11.5 Å². The molecule has 0 amide bonds. The third-order valence-corrected chi connectivity index (χ3v) is 2.83. The van der Waals surface area contributed by atoms with Gasteiger partial charge in [0.15, 0.2) is 11.5 Å². The fourth-order valence-corrected chi connectivity index (χ4v) is 2.03. The van der Waals surface area contributed by atoms with Crippen LogP contribution >= 0.6 is 0 Å². The number of benzene rings is 1. The molecule has 1 unspecified atom stereocenters. The molecule has 3 nitrogen and oxygen atoms in total. The first kappa shape index (κ1) is 14.8. The molecule has 0 radical (unpaired) electrons. The molecule has 0 spiro atoms. The van der Waals surface area contributed by atoms with E-state index < -0.39 is 0 Å². The van der Waals surface area contributed by atoms with E-state index in [4.69, 9.17) is 9.47 Å². The molecule has 3 heteroatoms. The molecule has 1 aromatic carbocycles. The summed E-state index contributed by atoms with van der Waals surface area (Å²) in [6.45, 7) is 10.6. The number of nitrogens with one attached hydrogen (secondary N) is 1. The molecule has 18 heavy (non-hydrogen) atoms. The van der Waals surface area contributed by atoms with Gasteiger partial charge in [-0.15, -0.1) is 0 Å². The molecule has 0 aromatic heterocycles. The molecule has 0 saturated heterocycles. The maximum atomic E-state index is 5.65. The van der Waals surface area contributed by atoms with Crippen LogP contribution in [0.15, 0.2) is 18.2 Å². The van der Waals surface area contributed by atoms with Crippen molar-refractivity contribution in [1.29, 1.82) is 0 Å². The fraction of sp³-hybridized carbons (Fsp3) is 0.600. The molecule has 0 aliphatic carbocycles. The largest absolute Gasteiger partial charge is 0.490 e. The van der Waals surface area contributed by atoms with Gasteiger partial charge in [-0.3, -0.25) is 0 Å². The maximum absolute atomic E-state index is 5.65. The Balaban J connectivity index is 2.96. The van der Waals surface area contributed by atoms with E-state index in [9.17, 15) is 0 Å². The van der Waals surface area contributed by atoms with Crippen LogP contribution in [0.1, 0.15) is 45.7 Å². The summed E-state index contributed by atoms with van der Waals surface area (Å²) in [7, 11) is 0. The van der Waals surface area contributed by atoms with Crippen LogP contribution in [0.5, 0.6) is 11.5 Å². The topological polar surface area (TPSA) is 30.5 Å². The lowest BCUT2D eigenvalue weighted by Gasteiger charge is -2.19. The van der Waals surface area contributed by atoms with Crippen molar-refractivity contribution in [2.24, 2.45) is 0 Å². The normalized spacial score (nSPS) is 12.2. The Labute approximate surface area is 110 Å². The predicted molar refractivity (Wildman–Crippen MR) is 75.5 cm³/mol. The van der Waals surface area contributed by atoms with Gasteiger partial charge >= 0.3 is 0 Å². The Bertz CT molecular complexity index is 352.